The first kappa shape index (κ1) is 14.1. The van der Waals surface area contributed by atoms with E-state index in [0.29, 0.717) is 27.9 Å². The fourth-order valence-corrected chi connectivity index (χ4v) is 2.58. The van der Waals surface area contributed by atoms with Gasteiger partial charge in [0.2, 0.25) is 0 Å². The predicted octanol–water partition coefficient (Wildman–Crippen LogP) is 2.26. The highest BCUT2D eigenvalue weighted by Crippen LogP contribution is 2.26. The van der Waals surface area contributed by atoms with E-state index < -0.39 is 0 Å². The first-order chi connectivity index (χ1) is 11.7. The molecule has 1 aromatic carbocycles. The van der Waals surface area contributed by atoms with Crippen LogP contribution in [0.3, 0.4) is 0 Å². The average Bonchev–Trinajstić information content (AvgIpc) is 2.95. The lowest BCUT2D eigenvalue weighted by molar-refractivity contribution is 0.0950. The van der Waals surface area contributed by atoms with Crippen molar-refractivity contribution < 1.29 is 9.53 Å². The Morgan fingerprint density at radius 3 is 2.88 bits per heavy atom. The number of benzene rings is 1. The van der Waals surface area contributed by atoms with Crippen molar-refractivity contribution in [1.29, 1.82) is 0 Å². The highest BCUT2D eigenvalue weighted by molar-refractivity contribution is 6.04. The normalized spacial score (nSPS) is 11.0. The van der Waals surface area contributed by atoms with Gasteiger partial charge in [-0.15, -0.1) is 5.10 Å². The summed E-state index contributed by atoms with van der Waals surface area (Å²) in [6, 6.07) is 10.8. The van der Waals surface area contributed by atoms with Gasteiger partial charge < -0.3 is 10.5 Å². The van der Waals surface area contributed by atoms with Gasteiger partial charge in [0.25, 0.3) is 5.91 Å². The number of nitrogens with two attached hydrogens (primary N) is 1. The summed E-state index contributed by atoms with van der Waals surface area (Å²) >= 11 is 0. The molecule has 0 amide bonds. The Hall–Kier alpha value is -3.48. The molecule has 0 aliphatic carbocycles. The van der Waals surface area contributed by atoms with Gasteiger partial charge in [0.15, 0.2) is 11.5 Å². The van der Waals surface area contributed by atoms with E-state index in [1.807, 2.05) is 18.2 Å². The third-order valence-corrected chi connectivity index (χ3v) is 3.79. The van der Waals surface area contributed by atoms with Crippen molar-refractivity contribution in [2.75, 3.05) is 12.8 Å². The van der Waals surface area contributed by atoms with Crippen molar-refractivity contribution in [1.82, 2.24) is 19.7 Å². The fourth-order valence-electron chi connectivity index (χ4n) is 2.58. The number of carbonyl (C=O) groups is 1. The van der Waals surface area contributed by atoms with E-state index in [4.69, 9.17) is 10.5 Å². The van der Waals surface area contributed by atoms with Crippen LogP contribution in [0.1, 0.15) is 10.4 Å². The molecule has 0 unspecified atom stereocenters. The molecule has 0 atom stereocenters. The first-order valence-corrected chi connectivity index (χ1v) is 7.25. The van der Waals surface area contributed by atoms with Crippen LogP contribution >= 0.6 is 0 Å². The molecule has 0 bridgehead atoms. The van der Waals surface area contributed by atoms with Crippen molar-refractivity contribution in [2.45, 2.75) is 0 Å². The second-order valence-corrected chi connectivity index (χ2v) is 5.26. The Labute approximate surface area is 136 Å². The van der Waals surface area contributed by atoms with Gasteiger partial charge in [0, 0.05) is 23.8 Å². The Kier molecular flexibility index (Phi) is 3.13. The number of hydrogen-bond donors (Lipinski definition) is 1. The highest BCUT2D eigenvalue weighted by Gasteiger charge is 2.18. The second-order valence-electron chi connectivity index (χ2n) is 5.26. The van der Waals surface area contributed by atoms with E-state index in [1.165, 1.54) is 10.9 Å². The van der Waals surface area contributed by atoms with E-state index in [2.05, 4.69) is 15.1 Å². The number of carbonyl (C=O) groups excluding carboxylic acids is 1. The zero-order valence-corrected chi connectivity index (χ0v) is 12.8. The molecule has 0 aliphatic rings. The minimum absolute atomic E-state index is 0.257. The lowest BCUT2D eigenvalue weighted by atomic mass is 10.2. The van der Waals surface area contributed by atoms with E-state index in [9.17, 15) is 4.79 Å². The third-order valence-electron chi connectivity index (χ3n) is 3.79. The maximum atomic E-state index is 12.7. The van der Waals surface area contributed by atoms with Gasteiger partial charge in [0.1, 0.15) is 5.75 Å². The van der Waals surface area contributed by atoms with Crippen LogP contribution in [0.15, 0.2) is 48.8 Å². The maximum Gasteiger partial charge on any atom is 0.281 e. The SMILES string of the molecule is COc1ccc2cc3c(N)nn(C(=O)c4cccnc4)c3nc2c1. The van der Waals surface area contributed by atoms with Gasteiger partial charge in [0.05, 0.1) is 23.6 Å². The molecule has 0 fully saturated rings. The number of rotatable bonds is 2. The number of anilines is 1. The van der Waals surface area contributed by atoms with Crippen LogP contribution in [0.4, 0.5) is 5.82 Å². The summed E-state index contributed by atoms with van der Waals surface area (Å²) in [5.41, 5.74) is 7.49. The number of methoxy groups -OCH3 is 1. The molecule has 0 radical (unpaired) electrons. The molecule has 7 heteroatoms. The number of nitrogens with zero attached hydrogens (tertiary/aromatic N) is 4. The molecule has 3 heterocycles. The van der Waals surface area contributed by atoms with Crippen molar-refractivity contribution >= 4 is 33.7 Å². The van der Waals surface area contributed by atoms with Gasteiger partial charge in [-0.25, -0.2) is 4.98 Å². The monoisotopic (exact) mass is 319 g/mol. The van der Waals surface area contributed by atoms with E-state index >= 15 is 0 Å². The van der Waals surface area contributed by atoms with Crippen LogP contribution < -0.4 is 10.5 Å². The molecule has 0 spiro atoms. The topological polar surface area (TPSA) is 95.9 Å². The summed E-state index contributed by atoms with van der Waals surface area (Å²) in [4.78, 5) is 21.2. The van der Waals surface area contributed by atoms with Crippen molar-refractivity contribution in [3.05, 3.63) is 54.4 Å². The Balaban J connectivity index is 1.96. The molecule has 3 aromatic heterocycles. The summed E-state index contributed by atoms with van der Waals surface area (Å²) in [5.74, 6) is 0.610. The van der Waals surface area contributed by atoms with E-state index in [0.717, 1.165) is 5.39 Å². The van der Waals surface area contributed by atoms with E-state index in [-0.39, 0.29) is 11.7 Å². The molecule has 0 saturated heterocycles. The summed E-state index contributed by atoms with van der Waals surface area (Å²) < 4.78 is 6.43. The molecule has 118 valence electrons. The van der Waals surface area contributed by atoms with Crippen LogP contribution in [-0.4, -0.2) is 32.8 Å². The fraction of sp³-hybridized carbons (Fsp3) is 0.0588. The molecule has 2 N–H and O–H groups in total. The van der Waals surface area contributed by atoms with Crippen molar-refractivity contribution in [3.63, 3.8) is 0 Å². The van der Waals surface area contributed by atoms with Crippen LogP contribution in [0, 0.1) is 0 Å². The van der Waals surface area contributed by atoms with Gasteiger partial charge in [-0.3, -0.25) is 9.78 Å². The Morgan fingerprint density at radius 1 is 1.25 bits per heavy atom. The molecule has 0 saturated carbocycles. The number of fused-ring (bicyclic) bond motifs is 2. The number of ether oxygens (including phenoxy) is 1. The maximum absolute atomic E-state index is 12.7. The van der Waals surface area contributed by atoms with Gasteiger partial charge in [-0.05, 0) is 30.3 Å². The number of hydrogen-bond acceptors (Lipinski definition) is 6. The summed E-state index contributed by atoms with van der Waals surface area (Å²) in [6.45, 7) is 0. The van der Waals surface area contributed by atoms with E-state index in [1.54, 1.807) is 31.5 Å². The average molecular weight is 319 g/mol. The quantitative estimate of drug-likeness (QED) is 0.609. The van der Waals surface area contributed by atoms with Crippen molar-refractivity contribution in [3.8, 4) is 5.75 Å². The molecule has 4 rings (SSSR count). The predicted molar refractivity (Wildman–Crippen MR) is 90.0 cm³/mol. The van der Waals surface area contributed by atoms with Gasteiger partial charge in [-0.2, -0.15) is 4.68 Å². The number of aromatic nitrogens is 4. The van der Waals surface area contributed by atoms with Crippen LogP contribution in [-0.2, 0) is 0 Å². The minimum Gasteiger partial charge on any atom is -0.497 e. The zero-order chi connectivity index (χ0) is 16.7. The Bertz CT molecular complexity index is 1070. The largest absolute Gasteiger partial charge is 0.497 e. The number of pyridine rings is 2. The Morgan fingerprint density at radius 2 is 2.12 bits per heavy atom. The molecule has 4 aromatic rings. The van der Waals surface area contributed by atoms with Crippen LogP contribution in [0.5, 0.6) is 5.75 Å². The molecule has 24 heavy (non-hydrogen) atoms. The lowest BCUT2D eigenvalue weighted by Crippen LogP contribution is -2.14. The minimum atomic E-state index is -0.334. The number of nitrogen functional groups attached to an aromatic ring is 1. The standard InChI is InChI=1S/C17H13N5O2/c1-24-12-5-4-10-7-13-15(18)21-22(16(13)20-14(10)8-12)17(23)11-3-2-6-19-9-11/h2-9H,1H3,(H2,18,21). The first-order valence-electron chi connectivity index (χ1n) is 7.25. The second kappa shape index (κ2) is 5.31. The summed E-state index contributed by atoms with van der Waals surface area (Å²) in [6.07, 6.45) is 3.08. The van der Waals surface area contributed by atoms with Crippen LogP contribution in [0.2, 0.25) is 0 Å². The molecule has 7 nitrogen and oxygen atoms in total. The molecular weight excluding hydrogens is 306 g/mol. The smallest absolute Gasteiger partial charge is 0.281 e. The summed E-state index contributed by atoms with van der Waals surface area (Å²) in [5, 5.41) is 5.68. The third kappa shape index (κ3) is 2.14. The van der Waals surface area contributed by atoms with Crippen molar-refractivity contribution in [2.24, 2.45) is 0 Å². The van der Waals surface area contributed by atoms with Gasteiger partial charge in [-0.1, -0.05) is 0 Å². The summed E-state index contributed by atoms with van der Waals surface area (Å²) in [7, 11) is 1.59. The highest BCUT2D eigenvalue weighted by atomic mass is 16.5. The van der Waals surface area contributed by atoms with Gasteiger partial charge >= 0.3 is 0 Å². The zero-order valence-electron chi connectivity index (χ0n) is 12.8. The molecule has 0 aliphatic heterocycles. The molecular formula is C17H13N5O2. The van der Waals surface area contributed by atoms with Crippen LogP contribution in [0.25, 0.3) is 21.9 Å². The lowest BCUT2D eigenvalue weighted by Gasteiger charge is -2.04.